The molecule has 0 fully saturated rings. The van der Waals surface area contributed by atoms with Crippen molar-refractivity contribution in [1.29, 1.82) is 0 Å². The molecule has 0 aromatic heterocycles. The van der Waals surface area contributed by atoms with E-state index in [-0.39, 0.29) is 45.3 Å². The van der Waals surface area contributed by atoms with Crippen molar-refractivity contribution in [3.8, 4) is 0 Å². The van der Waals surface area contributed by atoms with E-state index >= 15 is 0 Å². The Labute approximate surface area is 234 Å². The van der Waals surface area contributed by atoms with Gasteiger partial charge < -0.3 is 9.80 Å². The molecule has 2 aromatic carbocycles. The molecule has 0 bridgehead atoms. The second-order valence-electron chi connectivity index (χ2n) is 7.36. The van der Waals surface area contributed by atoms with Crippen LogP contribution in [-0.2, 0) is 0 Å². The molecule has 0 radical (unpaired) electrons. The van der Waals surface area contributed by atoms with Gasteiger partial charge >= 0.3 is 0 Å². The van der Waals surface area contributed by atoms with Crippen molar-refractivity contribution < 1.29 is 19.7 Å². The lowest BCUT2D eigenvalue weighted by atomic mass is 10.0. The molecular weight excluding hydrogens is 636 g/mol. The van der Waals surface area contributed by atoms with Gasteiger partial charge in [-0.3, -0.25) is 40.5 Å². The van der Waals surface area contributed by atoms with E-state index in [1.807, 2.05) is 0 Å². The van der Waals surface area contributed by atoms with Gasteiger partial charge in [0.25, 0.3) is 22.7 Å². The quantitative estimate of drug-likeness (QED) is 0.259. The number of non-ortho nitro benzene ring substituents is 2. The van der Waals surface area contributed by atoms with E-state index in [0.717, 1.165) is 23.3 Å². The molecule has 0 amide bonds. The summed E-state index contributed by atoms with van der Waals surface area (Å²) >= 11 is 0. The number of rotatable bonds is 6. The molecule has 0 aliphatic carbocycles. The molecular formula is C22H16Br2N6O8. The molecule has 2 aliphatic rings. The molecule has 16 heteroatoms. The van der Waals surface area contributed by atoms with Crippen molar-refractivity contribution in [3.63, 3.8) is 0 Å². The maximum atomic E-state index is 11.4. The first-order valence-corrected chi connectivity index (χ1v) is 10.0. The minimum absolute atomic E-state index is 0. The van der Waals surface area contributed by atoms with Crippen LogP contribution < -0.4 is 9.80 Å². The van der Waals surface area contributed by atoms with Crippen molar-refractivity contribution in [2.24, 2.45) is 0 Å². The van der Waals surface area contributed by atoms with E-state index in [0.29, 0.717) is 0 Å². The van der Waals surface area contributed by atoms with Gasteiger partial charge in [-0.05, 0) is 47.6 Å². The first kappa shape index (κ1) is 29.5. The van der Waals surface area contributed by atoms with Crippen molar-refractivity contribution in [3.05, 3.63) is 137 Å². The van der Waals surface area contributed by atoms with Gasteiger partial charge in [0.05, 0.1) is 31.8 Å². The van der Waals surface area contributed by atoms with E-state index in [1.54, 1.807) is 49.1 Å². The van der Waals surface area contributed by atoms with Gasteiger partial charge in [-0.1, -0.05) is 0 Å². The van der Waals surface area contributed by atoms with Gasteiger partial charge in [-0.25, -0.2) is 0 Å². The van der Waals surface area contributed by atoms with Crippen LogP contribution in [0.4, 0.5) is 34.1 Å². The molecule has 0 N–H and O–H groups in total. The van der Waals surface area contributed by atoms with Gasteiger partial charge in [0.1, 0.15) is 11.4 Å². The Morgan fingerprint density at radius 1 is 0.500 bits per heavy atom. The smallest absolute Gasteiger partial charge is 0.300 e. The molecule has 38 heavy (non-hydrogen) atoms. The van der Waals surface area contributed by atoms with Crippen LogP contribution >= 0.6 is 34.0 Å². The van der Waals surface area contributed by atoms with Gasteiger partial charge in [-0.15, -0.1) is 34.0 Å². The van der Waals surface area contributed by atoms with Crippen LogP contribution in [0.25, 0.3) is 0 Å². The lowest BCUT2D eigenvalue weighted by molar-refractivity contribution is -0.393. The second kappa shape index (κ2) is 12.0. The first-order valence-electron chi connectivity index (χ1n) is 10.0. The third kappa shape index (κ3) is 5.98. The molecule has 2 aliphatic heterocycles. The summed E-state index contributed by atoms with van der Waals surface area (Å²) in [4.78, 5) is 44.8. The van der Waals surface area contributed by atoms with E-state index < -0.39 is 42.4 Å². The predicted octanol–water partition coefficient (Wildman–Crippen LogP) is 6.17. The lowest BCUT2D eigenvalue weighted by Gasteiger charge is -2.21. The highest BCUT2D eigenvalue weighted by atomic mass is 79.9. The third-order valence-electron chi connectivity index (χ3n) is 5.28. The van der Waals surface area contributed by atoms with Gasteiger partial charge in [-0.2, -0.15) is 0 Å². The largest absolute Gasteiger partial charge is 0.318 e. The number of benzene rings is 2. The van der Waals surface area contributed by atoms with Crippen LogP contribution in [0, 0.1) is 40.5 Å². The maximum absolute atomic E-state index is 11.4. The third-order valence-corrected chi connectivity index (χ3v) is 5.28. The number of nitro benzene ring substituents is 4. The van der Waals surface area contributed by atoms with E-state index in [2.05, 4.69) is 0 Å². The van der Waals surface area contributed by atoms with Gasteiger partial charge in [0, 0.05) is 36.9 Å². The summed E-state index contributed by atoms with van der Waals surface area (Å²) in [6.07, 6.45) is 13.0. The van der Waals surface area contributed by atoms with Crippen LogP contribution in [0.2, 0.25) is 0 Å². The molecule has 196 valence electrons. The molecule has 0 atom stereocenters. The Bertz CT molecular complexity index is 1340. The summed E-state index contributed by atoms with van der Waals surface area (Å²) in [7, 11) is 0. The van der Waals surface area contributed by atoms with Crippen molar-refractivity contribution in [2.45, 2.75) is 0 Å². The van der Waals surface area contributed by atoms with Crippen molar-refractivity contribution >= 4 is 68.1 Å². The molecule has 2 aromatic rings. The molecule has 0 saturated heterocycles. The normalized spacial score (nSPS) is 13.6. The Morgan fingerprint density at radius 3 is 1.08 bits per heavy atom. The molecule has 0 unspecified atom stereocenters. The van der Waals surface area contributed by atoms with Crippen LogP contribution in [-0.4, -0.2) is 19.7 Å². The minimum Gasteiger partial charge on any atom is -0.318 e. The number of hydrogen-bond donors (Lipinski definition) is 0. The fraction of sp³-hybridized carbons (Fsp3) is 0. The average molecular weight is 652 g/mol. The Kier molecular flexibility index (Phi) is 9.34. The Hall–Kier alpha value is -4.70. The number of anilines is 2. The fourth-order valence-corrected chi connectivity index (χ4v) is 3.54. The Morgan fingerprint density at radius 2 is 0.816 bits per heavy atom. The van der Waals surface area contributed by atoms with Gasteiger partial charge in [0.2, 0.25) is 0 Å². The second-order valence-corrected chi connectivity index (χ2v) is 7.36. The van der Waals surface area contributed by atoms with E-state index in [9.17, 15) is 40.5 Å². The van der Waals surface area contributed by atoms with E-state index in [4.69, 9.17) is 0 Å². The Balaban J connectivity index is 0.00000253. The fourth-order valence-electron chi connectivity index (χ4n) is 3.54. The predicted molar refractivity (Wildman–Crippen MR) is 149 cm³/mol. The topological polar surface area (TPSA) is 179 Å². The molecule has 0 saturated carbocycles. The highest BCUT2D eigenvalue weighted by Crippen LogP contribution is 2.36. The highest BCUT2D eigenvalue weighted by Gasteiger charge is 2.24. The van der Waals surface area contributed by atoms with Crippen LogP contribution in [0.3, 0.4) is 0 Å². The number of allylic oxidation sites excluding steroid dienone is 6. The highest BCUT2D eigenvalue weighted by molar-refractivity contribution is 8.93. The average Bonchev–Trinajstić information content (AvgIpc) is 2.88. The van der Waals surface area contributed by atoms with Crippen molar-refractivity contribution in [2.75, 3.05) is 9.80 Å². The summed E-state index contributed by atoms with van der Waals surface area (Å²) in [6.45, 7) is 0. The number of halogens is 2. The molecule has 0 spiro atoms. The summed E-state index contributed by atoms with van der Waals surface area (Å²) in [5.74, 6) is 0. The summed E-state index contributed by atoms with van der Waals surface area (Å²) in [5, 5.41) is 44.7. The zero-order valence-electron chi connectivity index (χ0n) is 18.8. The number of nitrogens with zero attached hydrogens (tertiary/aromatic N) is 6. The minimum atomic E-state index is -0.711. The number of nitro groups is 4. The zero-order chi connectivity index (χ0) is 26.0. The summed E-state index contributed by atoms with van der Waals surface area (Å²) in [6, 6.07) is 6.72. The van der Waals surface area contributed by atoms with Crippen LogP contribution in [0.15, 0.2) is 96.6 Å². The van der Waals surface area contributed by atoms with Crippen molar-refractivity contribution in [1.82, 2.24) is 0 Å². The lowest BCUT2D eigenvalue weighted by Crippen LogP contribution is -2.14. The SMILES string of the molecule is Br.Br.O=[N+]([O-])c1ccc(N2C=CC(=C3C=CN(c4ccc([N+](=O)[O-])cc4[N+](=O)[O-])C=C3)C=C2)c([N+](=O)[O-])c1. The molecule has 14 nitrogen and oxygen atoms in total. The molecule has 4 rings (SSSR count). The monoisotopic (exact) mass is 650 g/mol. The van der Waals surface area contributed by atoms with Crippen LogP contribution in [0.5, 0.6) is 0 Å². The first-order chi connectivity index (χ1) is 17.2. The number of hydrogen-bond acceptors (Lipinski definition) is 10. The van der Waals surface area contributed by atoms with Gasteiger partial charge in [0.15, 0.2) is 0 Å². The summed E-state index contributed by atoms with van der Waals surface area (Å²) in [5.41, 5.74) is 0.103. The van der Waals surface area contributed by atoms with Crippen LogP contribution in [0.1, 0.15) is 0 Å². The summed E-state index contributed by atoms with van der Waals surface area (Å²) < 4.78 is 0. The zero-order valence-corrected chi connectivity index (χ0v) is 22.3. The maximum Gasteiger partial charge on any atom is 0.300 e. The molecule has 2 heterocycles. The van der Waals surface area contributed by atoms with E-state index in [1.165, 1.54) is 34.1 Å². The standard InChI is InChI=1S/C22H14N6O8.2BrH/c29-25(30)17-1-3-19(21(13-17)27(33)34)23-9-5-15(6-10-23)16-7-11-24(12-8-16)20-4-2-18(26(31)32)14-22(20)28(35)36;;/h1-14H;2*1H.